The van der Waals surface area contributed by atoms with Crippen molar-refractivity contribution in [3.8, 4) is 0 Å². The summed E-state index contributed by atoms with van der Waals surface area (Å²) in [6.45, 7) is 5.89. The summed E-state index contributed by atoms with van der Waals surface area (Å²) in [7, 11) is 0. The number of nitrogens with zero attached hydrogens (tertiary/aromatic N) is 1. The van der Waals surface area contributed by atoms with Gasteiger partial charge in [0.1, 0.15) is 0 Å². The van der Waals surface area contributed by atoms with Crippen LogP contribution in [0.1, 0.15) is 65.2 Å². The standard InChI is InChI=1S/C17H29NO3/c1-13(2)12-17(7-3-4-8-17)16(21)18-9-5-14(6-10-18)11-15(19)20/h13-14H,3-12H2,1-2H3,(H,19,20). The minimum absolute atomic E-state index is 0.117. The zero-order valence-corrected chi connectivity index (χ0v) is 13.4. The van der Waals surface area contributed by atoms with E-state index in [2.05, 4.69) is 13.8 Å². The predicted molar refractivity (Wildman–Crippen MR) is 81.9 cm³/mol. The second-order valence-electron chi connectivity index (χ2n) is 7.42. The van der Waals surface area contributed by atoms with Crippen molar-refractivity contribution in [1.82, 2.24) is 4.90 Å². The van der Waals surface area contributed by atoms with Gasteiger partial charge >= 0.3 is 5.97 Å². The average Bonchev–Trinajstić information content (AvgIpc) is 2.87. The predicted octanol–water partition coefficient (Wildman–Crippen LogP) is 3.31. The van der Waals surface area contributed by atoms with Crippen LogP contribution in [0.15, 0.2) is 0 Å². The number of hydrogen-bond donors (Lipinski definition) is 1. The number of carbonyl (C=O) groups excluding carboxylic acids is 1. The molecule has 0 spiro atoms. The number of amides is 1. The van der Waals surface area contributed by atoms with Crippen LogP contribution >= 0.6 is 0 Å². The van der Waals surface area contributed by atoms with E-state index in [0.717, 1.165) is 45.2 Å². The van der Waals surface area contributed by atoms with E-state index in [-0.39, 0.29) is 17.8 Å². The van der Waals surface area contributed by atoms with Crippen molar-refractivity contribution in [2.45, 2.75) is 65.2 Å². The molecule has 1 aliphatic carbocycles. The van der Waals surface area contributed by atoms with Crippen LogP contribution in [0.5, 0.6) is 0 Å². The molecule has 0 bridgehead atoms. The molecule has 1 amide bonds. The van der Waals surface area contributed by atoms with Gasteiger partial charge < -0.3 is 10.0 Å². The van der Waals surface area contributed by atoms with Gasteiger partial charge in [-0.2, -0.15) is 0 Å². The number of aliphatic carboxylic acids is 1. The van der Waals surface area contributed by atoms with Crippen LogP contribution < -0.4 is 0 Å². The zero-order chi connectivity index (χ0) is 15.5. The molecule has 1 N–H and O–H groups in total. The lowest BCUT2D eigenvalue weighted by Crippen LogP contribution is -2.47. The molecule has 0 aromatic heterocycles. The summed E-state index contributed by atoms with van der Waals surface area (Å²) in [6, 6.07) is 0. The first kappa shape index (κ1) is 16.3. The average molecular weight is 295 g/mol. The van der Waals surface area contributed by atoms with E-state index in [0.29, 0.717) is 11.8 Å². The molecule has 4 nitrogen and oxygen atoms in total. The molecule has 1 heterocycles. The summed E-state index contributed by atoms with van der Waals surface area (Å²) in [5.41, 5.74) is -0.117. The van der Waals surface area contributed by atoms with Crippen LogP contribution in [0.25, 0.3) is 0 Å². The molecule has 2 rings (SSSR count). The largest absolute Gasteiger partial charge is 0.481 e. The second kappa shape index (κ2) is 6.80. The molecule has 0 radical (unpaired) electrons. The van der Waals surface area contributed by atoms with Gasteiger partial charge in [0.15, 0.2) is 0 Å². The lowest BCUT2D eigenvalue weighted by Gasteiger charge is -2.39. The molecular formula is C17H29NO3. The molecule has 120 valence electrons. The van der Waals surface area contributed by atoms with Gasteiger partial charge in [0, 0.05) is 24.9 Å². The third-order valence-corrected chi connectivity index (χ3v) is 5.18. The first-order valence-corrected chi connectivity index (χ1v) is 8.44. The highest BCUT2D eigenvalue weighted by Gasteiger charge is 2.44. The molecule has 21 heavy (non-hydrogen) atoms. The number of rotatable bonds is 5. The molecule has 1 saturated heterocycles. The van der Waals surface area contributed by atoms with Gasteiger partial charge in [0.25, 0.3) is 0 Å². The summed E-state index contributed by atoms with van der Waals surface area (Å²) in [5, 5.41) is 8.87. The van der Waals surface area contributed by atoms with Crippen molar-refractivity contribution >= 4 is 11.9 Å². The van der Waals surface area contributed by atoms with Crippen molar-refractivity contribution in [2.75, 3.05) is 13.1 Å². The number of piperidine rings is 1. The maximum absolute atomic E-state index is 13.0. The van der Waals surface area contributed by atoms with Crippen LogP contribution in [0, 0.1) is 17.3 Å². The molecular weight excluding hydrogens is 266 g/mol. The molecule has 4 heteroatoms. The molecule has 2 aliphatic rings. The number of carboxylic acids is 1. The fourth-order valence-corrected chi connectivity index (χ4v) is 4.26. The Kier molecular flexibility index (Phi) is 5.28. The quantitative estimate of drug-likeness (QED) is 0.846. The fraction of sp³-hybridized carbons (Fsp3) is 0.882. The Bertz CT molecular complexity index is 377. The first-order chi connectivity index (χ1) is 9.93. The van der Waals surface area contributed by atoms with Crippen molar-refractivity contribution < 1.29 is 14.7 Å². The Balaban J connectivity index is 1.95. The van der Waals surface area contributed by atoms with Gasteiger partial charge in [-0.1, -0.05) is 26.7 Å². The number of hydrogen-bond acceptors (Lipinski definition) is 2. The first-order valence-electron chi connectivity index (χ1n) is 8.44. The van der Waals surface area contributed by atoms with Gasteiger partial charge in [0.05, 0.1) is 0 Å². The van der Waals surface area contributed by atoms with Crippen LogP contribution in [-0.4, -0.2) is 35.0 Å². The maximum Gasteiger partial charge on any atom is 0.303 e. The molecule has 0 aromatic carbocycles. The third kappa shape index (κ3) is 3.98. The Labute approximate surface area is 127 Å². The lowest BCUT2D eigenvalue weighted by molar-refractivity contribution is -0.145. The van der Waals surface area contributed by atoms with Gasteiger partial charge in [-0.05, 0) is 43.9 Å². The molecule has 0 unspecified atom stereocenters. The Morgan fingerprint density at radius 1 is 1.19 bits per heavy atom. The molecule has 0 aromatic rings. The normalized spacial score (nSPS) is 22.7. The van der Waals surface area contributed by atoms with Crippen LogP contribution in [0.2, 0.25) is 0 Å². The highest BCUT2D eigenvalue weighted by Crippen LogP contribution is 2.45. The summed E-state index contributed by atoms with van der Waals surface area (Å²) < 4.78 is 0. The minimum Gasteiger partial charge on any atom is -0.481 e. The molecule has 1 saturated carbocycles. The van der Waals surface area contributed by atoms with Crippen molar-refractivity contribution in [1.29, 1.82) is 0 Å². The van der Waals surface area contributed by atoms with Crippen molar-refractivity contribution in [3.05, 3.63) is 0 Å². The van der Waals surface area contributed by atoms with Gasteiger partial charge in [-0.3, -0.25) is 9.59 Å². The smallest absolute Gasteiger partial charge is 0.303 e. The van der Waals surface area contributed by atoms with E-state index in [1.807, 2.05) is 4.90 Å². The van der Waals surface area contributed by atoms with E-state index in [1.165, 1.54) is 12.8 Å². The number of carbonyl (C=O) groups is 2. The van der Waals surface area contributed by atoms with E-state index < -0.39 is 5.97 Å². The molecule has 2 fully saturated rings. The summed E-state index contributed by atoms with van der Waals surface area (Å²) in [6.07, 6.45) is 7.37. The molecule has 0 atom stereocenters. The second-order valence-corrected chi connectivity index (χ2v) is 7.42. The Morgan fingerprint density at radius 2 is 1.76 bits per heavy atom. The Morgan fingerprint density at radius 3 is 2.24 bits per heavy atom. The lowest BCUT2D eigenvalue weighted by atomic mass is 9.76. The van der Waals surface area contributed by atoms with Gasteiger partial charge in [-0.25, -0.2) is 0 Å². The van der Waals surface area contributed by atoms with Crippen LogP contribution in [0.3, 0.4) is 0 Å². The molecule has 1 aliphatic heterocycles. The number of carboxylic acid groups (broad SMARTS) is 1. The van der Waals surface area contributed by atoms with Gasteiger partial charge in [0.2, 0.25) is 5.91 Å². The summed E-state index contributed by atoms with van der Waals surface area (Å²) >= 11 is 0. The number of likely N-dealkylation sites (tertiary alicyclic amines) is 1. The van der Waals surface area contributed by atoms with Crippen molar-refractivity contribution in [2.24, 2.45) is 17.3 Å². The fourth-order valence-electron chi connectivity index (χ4n) is 4.26. The topological polar surface area (TPSA) is 57.6 Å². The van der Waals surface area contributed by atoms with Crippen LogP contribution in [-0.2, 0) is 9.59 Å². The van der Waals surface area contributed by atoms with Gasteiger partial charge in [-0.15, -0.1) is 0 Å². The highest BCUT2D eigenvalue weighted by atomic mass is 16.4. The van der Waals surface area contributed by atoms with Crippen molar-refractivity contribution in [3.63, 3.8) is 0 Å². The van der Waals surface area contributed by atoms with Crippen LogP contribution in [0.4, 0.5) is 0 Å². The highest BCUT2D eigenvalue weighted by molar-refractivity contribution is 5.83. The van der Waals surface area contributed by atoms with E-state index in [9.17, 15) is 9.59 Å². The van der Waals surface area contributed by atoms with E-state index in [1.54, 1.807) is 0 Å². The summed E-state index contributed by atoms with van der Waals surface area (Å²) in [5.74, 6) is 0.432. The monoisotopic (exact) mass is 295 g/mol. The SMILES string of the molecule is CC(C)CC1(C(=O)N2CCC(CC(=O)O)CC2)CCCC1. The minimum atomic E-state index is -0.716. The Hall–Kier alpha value is -1.06. The van der Waals surface area contributed by atoms with E-state index >= 15 is 0 Å². The third-order valence-electron chi connectivity index (χ3n) is 5.18. The van der Waals surface area contributed by atoms with E-state index in [4.69, 9.17) is 5.11 Å². The maximum atomic E-state index is 13.0. The zero-order valence-electron chi connectivity index (χ0n) is 13.4. The summed E-state index contributed by atoms with van der Waals surface area (Å²) in [4.78, 5) is 25.8.